The monoisotopic (exact) mass is 1650 g/mol. The first kappa shape index (κ1) is 84.5. The Balaban J connectivity index is 1.05. The van der Waals surface area contributed by atoms with Crippen molar-refractivity contribution >= 4 is 117 Å². The van der Waals surface area contributed by atoms with Crippen molar-refractivity contribution in [1.29, 1.82) is 0 Å². The molecule has 0 atom stereocenters. The minimum atomic E-state index is -3.67. The summed E-state index contributed by atoms with van der Waals surface area (Å²) < 4.78 is 91.5. The van der Waals surface area contributed by atoms with E-state index in [0.29, 0.717) is 158 Å². The summed E-state index contributed by atoms with van der Waals surface area (Å²) in [4.78, 5) is 61.3. The Morgan fingerprint density at radius 1 is 0.271 bits per heavy atom. The molecule has 0 saturated heterocycles. The zero-order valence-corrected chi connectivity index (χ0v) is 69.9. The first-order valence-corrected chi connectivity index (χ1v) is 47.5. The fourth-order valence-electron chi connectivity index (χ4n) is 15.1. The summed E-state index contributed by atoms with van der Waals surface area (Å²) in [5.41, 5.74) is 18.2. The smallest absolute Gasteiger partial charge is 0.232 e. The number of carbonyl (C=O) groups is 4. The van der Waals surface area contributed by atoms with E-state index in [1.54, 1.807) is 194 Å². The van der Waals surface area contributed by atoms with Crippen LogP contribution in [0.15, 0.2) is 291 Å². The molecular formula is C96H98N6O12P4. The Morgan fingerprint density at radius 2 is 0.432 bits per heavy atom. The van der Waals surface area contributed by atoms with Gasteiger partial charge >= 0.3 is 0 Å². The van der Waals surface area contributed by atoms with Crippen LogP contribution in [0.1, 0.15) is 84.0 Å². The van der Waals surface area contributed by atoms with Gasteiger partial charge in [-0.25, -0.2) is 0 Å². The normalized spacial score (nSPS) is 12.2. The highest BCUT2D eigenvalue weighted by Crippen LogP contribution is 2.49. The Bertz CT molecular complexity index is 5080. The number of hydrogen-bond acceptors (Lipinski definition) is 14. The zero-order chi connectivity index (χ0) is 82.5. The zero-order valence-electron chi connectivity index (χ0n) is 66.3. The van der Waals surface area contributed by atoms with Crippen LogP contribution in [0.25, 0.3) is 0 Å². The van der Waals surface area contributed by atoms with E-state index in [-0.39, 0.29) is 65.2 Å². The third kappa shape index (κ3) is 20.4. The van der Waals surface area contributed by atoms with Gasteiger partial charge in [0, 0.05) is 135 Å². The number of nitrogens with two attached hydrogens (primary N) is 2. The van der Waals surface area contributed by atoms with E-state index in [2.05, 4.69) is 21.3 Å². The molecule has 0 aromatic heterocycles. The van der Waals surface area contributed by atoms with Crippen LogP contribution in [0.4, 0.5) is 22.7 Å². The van der Waals surface area contributed by atoms with Crippen molar-refractivity contribution in [2.24, 2.45) is 11.5 Å². The van der Waals surface area contributed by atoms with Crippen LogP contribution in [0, 0.1) is 0 Å². The van der Waals surface area contributed by atoms with Gasteiger partial charge in [-0.2, -0.15) is 0 Å². The predicted molar refractivity (Wildman–Crippen MR) is 480 cm³/mol. The summed E-state index contributed by atoms with van der Waals surface area (Å²) in [5.74, 6) is -0.479. The topological polar surface area (TPSA) is 274 Å². The lowest BCUT2D eigenvalue weighted by Gasteiger charge is -2.25. The fourth-order valence-corrected chi connectivity index (χ4v) is 24.9. The van der Waals surface area contributed by atoms with Crippen molar-refractivity contribution in [1.82, 2.24) is 0 Å². The van der Waals surface area contributed by atoms with Gasteiger partial charge in [-0.1, -0.05) is 257 Å². The van der Waals surface area contributed by atoms with Gasteiger partial charge in [-0.15, -0.1) is 0 Å². The predicted octanol–water partition coefficient (Wildman–Crippen LogP) is 15.2. The number of hydrogen-bond donors (Lipinski definition) is 6. The van der Waals surface area contributed by atoms with E-state index in [9.17, 15) is 0 Å². The molecule has 0 aliphatic heterocycles. The van der Waals surface area contributed by atoms with Gasteiger partial charge in [-0.05, 0) is 87.3 Å². The standard InChI is InChI=1S/C96H98N6O12P4/c1-3-49-111-93-69-53-73-61-79(101-91(105)67-117(109,85-39-21-9-22-40-85)86-41-23-10-24-42-86)63-75(95(73)113-51-29-47-97)55-71-59-78(100-90(104)66-116(108,83-35-17-7-18-36-83)84-37-19-8-20-38-84)60-72(94(71)112-50-4-2)56-76-64-80(102-92(106)68-118(110,87-43-25-11-26-44-87)88-45-27-12-28-46-88)62-74(96(76)114-52-30-48-98)54-70(93)58-77(57-69)99-89(103)65-115(107,81-31-13-5-14-32-81)82-33-15-6-16-34-82/h5-28,31-46,57-64H,3-4,29-30,47-56,65-68,97-98H2,1-2H3,(H,99,103)(H,100,104)(H,101,105)(H,102,106). The second-order valence-corrected chi connectivity index (χ2v) is 40.7. The number of nitrogens with one attached hydrogen (secondary N) is 4. The Morgan fingerprint density at radius 3 is 0.585 bits per heavy atom. The molecule has 1 aliphatic carbocycles. The first-order chi connectivity index (χ1) is 57.4. The lowest BCUT2D eigenvalue weighted by molar-refractivity contribution is -0.114. The average Bonchev–Trinajstić information content (AvgIpc) is 0.688. The van der Waals surface area contributed by atoms with Crippen LogP contribution in [0.5, 0.6) is 23.0 Å². The van der Waals surface area contributed by atoms with E-state index >= 15 is 37.4 Å². The summed E-state index contributed by atoms with van der Waals surface area (Å²) in [6.45, 7) is 5.27. The van der Waals surface area contributed by atoms with Crippen molar-refractivity contribution in [3.8, 4) is 23.0 Å². The molecule has 0 saturated carbocycles. The van der Waals surface area contributed by atoms with E-state index in [1.807, 2.05) is 111 Å². The van der Waals surface area contributed by atoms with E-state index in [0.717, 1.165) is 0 Å². The summed E-state index contributed by atoms with van der Waals surface area (Å²) in [6.07, 6.45) is 0.351. The second-order valence-electron chi connectivity index (χ2n) is 29.3. The molecule has 0 spiro atoms. The molecule has 4 amide bonds. The van der Waals surface area contributed by atoms with Gasteiger partial charge in [-0.3, -0.25) is 19.2 Å². The highest BCUT2D eigenvalue weighted by atomic mass is 31.2. The van der Waals surface area contributed by atoms with Gasteiger partial charge in [0.1, 0.15) is 23.0 Å². The van der Waals surface area contributed by atoms with Gasteiger partial charge in [0.2, 0.25) is 23.6 Å². The third-order valence-electron chi connectivity index (χ3n) is 20.6. The summed E-state index contributed by atoms with van der Waals surface area (Å²) in [5, 5.41) is 16.9. The molecule has 604 valence electrons. The lowest BCUT2D eigenvalue weighted by atomic mass is 9.90. The molecule has 12 aromatic rings. The molecule has 12 aromatic carbocycles. The minimum absolute atomic E-state index is 0.00299. The van der Waals surface area contributed by atoms with Crippen molar-refractivity contribution in [2.75, 3.05) is 85.4 Å². The summed E-state index contributed by atoms with van der Waals surface area (Å²) >= 11 is 0. The van der Waals surface area contributed by atoms with Crippen LogP contribution in [-0.4, -0.2) is 87.8 Å². The van der Waals surface area contributed by atoms with Crippen molar-refractivity contribution in [2.45, 2.75) is 65.2 Å². The molecular weight excluding hydrogens is 1550 g/mol. The highest BCUT2D eigenvalue weighted by Gasteiger charge is 2.36. The SMILES string of the molecule is CCCOc1c2cc(NC(=O)CP(=O)(c3ccccc3)c3ccccc3)cc1Cc1cc(NC(=O)CP(=O)(c3ccccc3)c3ccccc3)cc(c1OCCCN)Cc1cc(NC(=O)CP(=O)(c3ccccc3)c3ccccc3)cc(c1OCCC)Cc1cc(NC(=O)CP(=O)(c3ccccc3)c3ccccc3)cc(c1OCCCN)C2. The van der Waals surface area contributed by atoms with Gasteiger partial charge < -0.3 is 69.9 Å². The van der Waals surface area contributed by atoms with E-state index < -0.39 is 76.8 Å². The number of ether oxygens (including phenoxy) is 4. The number of carbonyl (C=O) groups excluding carboxylic acids is 4. The Hall–Kier alpha value is -11.4. The first-order valence-electron chi connectivity index (χ1n) is 39.9. The molecule has 0 fully saturated rings. The quantitative estimate of drug-likeness (QED) is 0.0162. The highest BCUT2D eigenvalue weighted by molar-refractivity contribution is 7.80. The second kappa shape index (κ2) is 39.7. The molecule has 118 heavy (non-hydrogen) atoms. The molecule has 22 heteroatoms. The lowest BCUT2D eigenvalue weighted by Crippen LogP contribution is -2.26. The number of fused-ring (bicyclic) bond motifs is 8. The maximum absolute atomic E-state index is 15.8. The number of rotatable bonds is 34. The molecule has 0 unspecified atom stereocenters. The van der Waals surface area contributed by atoms with Crippen LogP contribution in [0.2, 0.25) is 0 Å². The maximum atomic E-state index is 15.8. The minimum Gasteiger partial charge on any atom is -0.493 e. The number of benzene rings is 12. The van der Waals surface area contributed by atoms with Crippen LogP contribution >= 0.6 is 28.6 Å². The van der Waals surface area contributed by atoms with E-state index in [4.69, 9.17) is 30.4 Å². The van der Waals surface area contributed by atoms with Gasteiger partial charge in [0.15, 0.2) is 28.6 Å². The third-order valence-corrected chi connectivity index (χ3v) is 32.6. The molecule has 0 heterocycles. The Kier molecular flexibility index (Phi) is 28.4. The molecule has 1 aliphatic rings. The summed E-state index contributed by atoms with van der Waals surface area (Å²) in [6, 6.07) is 86.5. The molecule has 0 radical (unpaired) electrons. The van der Waals surface area contributed by atoms with Crippen LogP contribution < -0.4 is 94.1 Å². The van der Waals surface area contributed by atoms with Crippen molar-refractivity contribution < 1.29 is 56.4 Å². The molecule has 13 rings (SSSR count). The van der Waals surface area contributed by atoms with Crippen molar-refractivity contribution in [3.05, 3.63) is 336 Å². The average molecular weight is 1650 g/mol. The number of amides is 4. The largest absolute Gasteiger partial charge is 0.493 e. The fraction of sp³-hybridized carbons (Fsp3) is 0.208. The van der Waals surface area contributed by atoms with Crippen molar-refractivity contribution in [3.63, 3.8) is 0 Å². The van der Waals surface area contributed by atoms with E-state index in [1.165, 1.54) is 0 Å². The number of anilines is 4. The summed E-state index contributed by atoms with van der Waals surface area (Å²) in [7, 11) is -14.7. The van der Waals surface area contributed by atoms with Gasteiger partial charge in [0.25, 0.3) is 0 Å². The van der Waals surface area contributed by atoms with Crippen LogP contribution in [-0.2, 0) is 63.1 Å². The molecule has 18 nitrogen and oxygen atoms in total. The maximum Gasteiger partial charge on any atom is 0.232 e. The molecule has 8 N–H and O–H groups in total. The van der Waals surface area contributed by atoms with Crippen LogP contribution in [0.3, 0.4) is 0 Å². The Labute approximate surface area is 690 Å². The molecule has 8 bridgehead atoms. The van der Waals surface area contributed by atoms with Gasteiger partial charge in [0.05, 0.1) is 51.1 Å².